The van der Waals surface area contributed by atoms with Gasteiger partial charge in [0.25, 0.3) is 11.5 Å². The zero-order valence-electron chi connectivity index (χ0n) is 15.4. The Morgan fingerprint density at radius 1 is 1.43 bits per heavy atom. The van der Waals surface area contributed by atoms with E-state index in [1.165, 1.54) is 28.3 Å². The van der Waals surface area contributed by atoms with Gasteiger partial charge in [0.2, 0.25) is 0 Å². The number of hydrogen-bond donors (Lipinski definition) is 1. The van der Waals surface area contributed by atoms with Gasteiger partial charge in [-0.15, -0.1) is 11.3 Å². The number of amides is 1. The van der Waals surface area contributed by atoms with E-state index in [1.807, 2.05) is 0 Å². The van der Waals surface area contributed by atoms with Crippen LogP contribution in [0.15, 0.2) is 35.4 Å². The number of nitrogens with one attached hydrogen (secondary N) is 1. The van der Waals surface area contributed by atoms with Gasteiger partial charge in [-0.1, -0.05) is 18.2 Å². The van der Waals surface area contributed by atoms with Gasteiger partial charge in [-0.05, 0) is 31.4 Å². The Hall–Kier alpha value is -2.58. The monoisotopic (exact) mass is 401 g/mol. The molecule has 1 fully saturated rings. The lowest BCUT2D eigenvalue weighted by molar-refractivity contribution is 0.0860. The number of carbonyl (C=O) groups is 1. The molecule has 0 radical (unpaired) electrons. The third kappa shape index (κ3) is 3.57. The zero-order valence-corrected chi connectivity index (χ0v) is 16.2. The molecule has 0 aliphatic carbocycles. The normalized spacial score (nSPS) is 16.6. The highest BCUT2D eigenvalue weighted by Gasteiger charge is 2.22. The lowest BCUT2D eigenvalue weighted by Gasteiger charge is -2.10. The minimum atomic E-state index is -0.370. The first kappa shape index (κ1) is 18.8. The Kier molecular flexibility index (Phi) is 5.23. The maximum atomic E-state index is 13.9. The van der Waals surface area contributed by atoms with Crippen LogP contribution < -0.4 is 10.9 Å². The smallest absolute Gasteiger partial charge is 0.262 e. The number of benzene rings is 1. The largest absolute Gasteiger partial charge is 0.376 e. The molecule has 1 saturated heterocycles. The van der Waals surface area contributed by atoms with Gasteiger partial charge in [0.05, 0.1) is 29.2 Å². The number of fused-ring (bicyclic) bond motifs is 1. The molecule has 0 bridgehead atoms. The molecule has 0 spiro atoms. The highest BCUT2D eigenvalue weighted by Crippen LogP contribution is 2.27. The first-order valence-corrected chi connectivity index (χ1v) is 9.98. The van der Waals surface area contributed by atoms with E-state index in [4.69, 9.17) is 4.74 Å². The van der Waals surface area contributed by atoms with Crippen LogP contribution in [0.25, 0.3) is 10.2 Å². The van der Waals surface area contributed by atoms with E-state index >= 15 is 0 Å². The predicted molar refractivity (Wildman–Crippen MR) is 105 cm³/mol. The van der Waals surface area contributed by atoms with Crippen molar-refractivity contribution in [3.63, 3.8) is 0 Å². The molecule has 8 heteroatoms. The Morgan fingerprint density at radius 3 is 3.00 bits per heavy atom. The van der Waals surface area contributed by atoms with Gasteiger partial charge < -0.3 is 10.1 Å². The van der Waals surface area contributed by atoms with Gasteiger partial charge in [0, 0.05) is 18.7 Å². The number of halogens is 1. The van der Waals surface area contributed by atoms with E-state index in [9.17, 15) is 14.0 Å². The Labute approximate surface area is 165 Å². The molecule has 1 N–H and O–H groups in total. The summed E-state index contributed by atoms with van der Waals surface area (Å²) in [5.41, 5.74) is 0.735. The van der Waals surface area contributed by atoms with E-state index in [1.54, 1.807) is 25.1 Å². The van der Waals surface area contributed by atoms with Crippen LogP contribution in [0, 0.1) is 12.7 Å². The summed E-state index contributed by atoms with van der Waals surface area (Å²) < 4.78 is 20.8. The molecule has 3 aromatic rings. The Bertz CT molecular complexity index is 1090. The zero-order chi connectivity index (χ0) is 19.7. The second kappa shape index (κ2) is 7.81. The number of aromatic nitrogens is 2. The number of carbonyl (C=O) groups excluding carboxylic acids is 1. The number of ether oxygens (including phenoxy) is 1. The van der Waals surface area contributed by atoms with Crippen LogP contribution in [-0.4, -0.2) is 34.7 Å². The highest BCUT2D eigenvalue weighted by atomic mass is 32.1. The summed E-state index contributed by atoms with van der Waals surface area (Å²) in [6.07, 6.45) is 3.40. The summed E-state index contributed by atoms with van der Waals surface area (Å²) >= 11 is 1.20. The van der Waals surface area contributed by atoms with Crippen LogP contribution in [-0.2, 0) is 11.3 Å². The van der Waals surface area contributed by atoms with Gasteiger partial charge >= 0.3 is 0 Å². The molecule has 1 atom stereocenters. The fourth-order valence-corrected chi connectivity index (χ4v) is 4.45. The van der Waals surface area contributed by atoms with Crippen molar-refractivity contribution in [1.82, 2.24) is 14.9 Å². The van der Waals surface area contributed by atoms with E-state index in [0.717, 1.165) is 19.4 Å². The fourth-order valence-electron chi connectivity index (χ4n) is 3.39. The van der Waals surface area contributed by atoms with Crippen molar-refractivity contribution >= 4 is 27.5 Å². The third-order valence-corrected chi connectivity index (χ3v) is 6.13. The molecule has 3 heterocycles. The molecule has 28 heavy (non-hydrogen) atoms. The first-order valence-electron chi connectivity index (χ1n) is 9.16. The van der Waals surface area contributed by atoms with Crippen LogP contribution in [0.3, 0.4) is 0 Å². The van der Waals surface area contributed by atoms with Crippen molar-refractivity contribution < 1.29 is 13.9 Å². The number of nitrogens with zero attached hydrogens (tertiary/aromatic N) is 2. The minimum absolute atomic E-state index is 0.0507. The van der Waals surface area contributed by atoms with Crippen molar-refractivity contribution in [2.75, 3.05) is 13.2 Å². The quantitative estimate of drug-likeness (QED) is 0.714. The van der Waals surface area contributed by atoms with Gasteiger partial charge in [0.1, 0.15) is 10.6 Å². The molecule has 146 valence electrons. The molecule has 6 nitrogen and oxygen atoms in total. The molecular weight excluding hydrogens is 381 g/mol. The molecular formula is C20H20FN3O3S. The van der Waals surface area contributed by atoms with E-state index in [2.05, 4.69) is 10.3 Å². The number of thiophene rings is 1. The lowest BCUT2D eigenvalue weighted by atomic mass is 10.2. The summed E-state index contributed by atoms with van der Waals surface area (Å²) in [5.74, 6) is -0.596. The second-order valence-electron chi connectivity index (χ2n) is 6.85. The average Bonchev–Trinajstić information content (AvgIpc) is 3.32. The standard InChI is InChI=1S/C20H20FN3O3S/c1-12-16-19(28-17(12)18(25)22-9-14-6-4-8-27-14)23-11-24(20(16)26)10-13-5-2-3-7-15(13)21/h2-3,5,7,11,14H,4,6,8-10H2,1H3,(H,22,25). The molecule has 0 saturated carbocycles. The number of hydrogen-bond acceptors (Lipinski definition) is 5. The van der Waals surface area contributed by atoms with E-state index in [0.29, 0.717) is 32.8 Å². The molecule has 1 aromatic carbocycles. The van der Waals surface area contributed by atoms with Crippen molar-refractivity contribution in [2.45, 2.75) is 32.4 Å². The van der Waals surface area contributed by atoms with Crippen LogP contribution >= 0.6 is 11.3 Å². The van der Waals surface area contributed by atoms with Crippen LogP contribution in [0.4, 0.5) is 4.39 Å². The van der Waals surface area contributed by atoms with E-state index in [-0.39, 0.29) is 29.9 Å². The van der Waals surface area contributed by atoms with Gasteiger partial charge in [-0.25, -0.2) is 9.37 Å². The lowest BCUT2D eigenvalue weighted by Crippen LogP contribution is -2.31. The predicted octanol–water partition coefficient (Wildman–Crippen LogP) is 2.86. The van der Waals surface area contributed by atoms with Crippen molar-refractivity contribution in [1.29, 1.82) is 0 Å². The minimum Gasteiger partial charge on any atom is -0.376 e. The topological polar surface area (TPSA) is 73.2 Å². The number of rotatable bonds is 5. The van der Waals surface area contributed by atoms with Crippen molar-refractivity contribution in [3.05, 3.63) is 62.8 Å². The van der Waals surface area contributed by atoms with Gasteiger partial charge in [0.15, 0.2) is 0 Å². The molecule has 4 rings (SSSR count). The summed E-state index contributed by atoms with van der Waals surface area (Å²) in [7, 11) is 0. The molecule has 1 amide bonds. The molecule has 2 aromatic heterocycles. The van der Waals surface area contributed by atoms with Gasteiger partial charge in [-0.2, -0.15) is 0 Å². The van der Waals surface area contributed by atoms with Crippen molar-refractivity contribution in [2.24, 2.45) is 0 Å². The first-order chi connectivity index (χ1) is 13.5. The second-order valence-corrected chi connectivity index (χ2v) is 7.85. The molecule has 1 unspecified atom stereocenters. The Balaban J connectivity index is 1.61. The summed E-state index contributed by atoms with van der Waals surface area (Å²) in [6, 6.07) is 6.32. The maximum Gasteiger partial charge on any atom is 0.262 e. The number of aryl methyl sites for hydroxylation is 1. The van der Waals surface area contributed by atoms with Gasteiger partial charge in [-0.3, -0.25) is 14.2 Å². The van der Waals surface area contributed by atoms with Crippen LogP contribution in [0.2, 0.25) is 0 Å². The summed E-state index contributed by atoms with van der Waals surface area (Å²) in [4.78, 5) is 30.8. The van der Waals surface area contributed by atoms with Crippen LogP contribution in [0.5, 0.6) is 0 Å². The van der Waals surface area contributed by atoms with E-state index < -0.39 is 0 Å². The third-order valence-electron chi connectivity index (χ3n) is 4.94. The van der Waals surface area contributed by atoms with Crippen molar-refractivity contribution in [3.8, 4) is 0 Å². The van der Waals surface area contributed by atoms with Crippen LogP contribution in [0.1, 0.15) is 33.6 Å². The average molecular weight is 401 g/mol. The Morgan fingerprint density at radius 2 is 2.25 bits per heavy atom. The fraction of sp³-hybridized carbons (Fsp3) is 0.350. The molecule has 1 aliphatic heterocycles. The SMILES string of the molecule is Cc1c(C(=O)NCC2CCCO2)sc2ncn(Cc3ccccc3F)c(=O)c12. The highest BCUT2D eigenvalue weighted by molar-refractivity contribution is 7.20. The summed E-state index contributed by atoms with van der Waals surface area (Å²) in [5, 5.41) is 3.29. The summed E-state index contributed by atoms with van der Waals surface area (Å²) in [6.45, 7) is 3.02. The maximum absolute atomic E-state index is 13.9. The molecule has 1 aliphatic rings.